The second-order valence-corrected chi connectivity index (χ2v) is 10.8. The highest BCUT2D eigenvalue weighted by atomic mass is 15.1. The molecule has 3 heteroatoms. The van der Waals surface area contributed by atoms with Crippen LogP contribution in [0.4, 0.5) is 0 Å². The second kappa shape index (κ2) is 11.9. The number of allylic oxidation sites excluding steroid dienone is 6. The Labute approximate surface area is 202 Å². The fourth-order valence-electron chi connectivity index (χ4n) is 6.19. The number of nitrogens with zero attached hydrogens (tertiary/aromatic N) is 2. The van der Waals surface area contributed by atoms with E-state index < -0.39 is 0 Å². The molecule has 1 aliphatic heterocycles. The van der Waals surface area contributed by atoms with Crippen molar-refractivity contribution >= 4 is 5.71 Å². The maximum Gasteiger partial charge on any atom is 0.0729 e. The maximum atomic E-state index is 4.80. The van der Waals surface area contributed by atoms with Gasteiger partial charge in [0.2, 0.25) is 0 Å². The van der Waals surface area contributed by atoms with Crippen LogP contribution < -0.4 is 5.32 Å². The molecule has 4 rings (SSSR count). The highest BCUT2D eigenvalue weighted by Crippen LogP contribution is 2.36. The number of piperidine rings is 1. The lowest BCUT2D eigenvalue weighted by atomic mass is 9.77. The molecule has 0 bridgehead atoms. The third kappa shape index (κ3) is 6.52. The number of likely N-dealkylation sites (tertiary alicyclic amines) is 1. The monoisotopic (exact) mass is 447 g/mol. The Bertz CT molecular complexity index is 807. The summed E-state index contributed by atoms with van der Waals surface area (Å²) in [5.74, 6) is 2.29. The first-order valence-corrected chi connectivity index (χ1v) is 13.6. The Morgan fingerprint density at radius 3 is 2.39 bits per heavy atom. The van der Waals surface area contributed by atoms with Crippen LogP contribution in [0.2, 0.25) is 0 Å². The summed E-state index contributed by atoms with van der Waals surface area (Å²) in [5, 5.41) is 3.71. The average Bonchev–Trinajstić information content (AvgIpc) is 3.39. The first-order valence-electron chi connectivity index (χ1n) is 13.6. The lowest BCUT2D eigenvalue weighted by Crippen LogP contribution is -2.31. The van der Waals surface area contributed by atoms with Crippen molar-refractivity contribution in [3.63, 3.8) is 0 Å². The van der Waals surface area contributed by atoms with Gasteiger partial charge in [0, 0.05) is 37.2 Å². The summed E-state index contributed by atoms with van der Waals surface area (Å²) >= 11 is 0. The van der Waals surface area contributed by atoms with E-state index in [1.807, 2.05) is 19.2 Å². The van der Waals surface area contributed by atoms with Gasteiger partial charge in [0.25, 0.3) is 0 Å². The standard InChI is InChI=1S/C30H45N3/c1-4-16-31-30-23(2)19-29(33-17-8-5-9-18-33)21-28(30)20-25-12-14-26(15-13-25)22-32-24(3)27-10-6-7-11-27/h4,16,19,21,25-27,32H,2-3,5-15,17-18,20,22H2,1H3/b16-4-,31-30?. The maximum absolute atomic E-state index is 4.80. The summed E-state index contributed by atoms with van der Waals surface area (Å²) in [6.45, 7) is 14.2. The molecule has 0 radical (unpaired) electrons. The van der Waals surface area contributed by atoms with Gasteiger partial charge in [-0.25, -0.2) is 0 Å². The molecule has 33 heavy (non-hydrogen) atoms. The summed E-state index contributed by atoms with van der Waals surface area (Å²) < 4.78 is 0. The Morgan fingerprint density at radius 1 is 1.00 bits per heavy atom. The SMILES string of the molecule is C=C1C=C(N2CCCCC2)C=C(CC2CCC(CNC(=C)C3CCCC3)CC2)C1=N/C=C\C. The summed E-state index contributed by atoms with van der Waals surface area (Å²) in [4.78, 5) is 7.35. The van der Waals surface area contributed by atoms with Crippen LogP contribution in [0, 0.1) is 17.8 Å². The summed E-state index contributed by atoms with van der Waals surface area (Å²) in [5.41, 5.74) is 6.25. The van der Waals surface area contributed by atoms with Gasteiger partial charge in [-0.05, 0) is 112 Å². The Kier molecular flexibility index (Phi) is 8.69. The molecular formula is C30H45N3. The van der Waals surface area contributed by atoms with Crippen molar-refractivity contribution in [2.24, 2.45) is 22.7 Å². The molecule has 0 spiro atoms. The minimum absolute atomic E-state index is 0.727. The smallest absolute Gasteiger partial charge is 0.0729 e. The molecule has 3 aliphatic carbocycles. The molecule has 0 amide bonds. The van der Waals surface area contributed by atoms with E-state index in [1.54, 1.807) is 0 Å². The van der Waals surface area contributed by atoms with E-state index in [1.165, 1.54) is 101 Å². The molecule has 0 atom stereocenters. The van der Waals surface area contributed by atoms with E-state index in [-0.39, 0.29) is 0 Å². The van der Waals surface area contributed by atoms with Crippen LogP contribution in [-0.4, -0.2) is 30.2 Å². The minimum atomic E-state index is 0.727. The van der Waals surface area contributed by atoms with Crippen LogP contribution in [0.25, 0.3) is 0 Å². The predicted octanol–water partition coefficient (Wildman–Crippen LogP) is 7.32. The summed E-state index contributed by atoms with van der Waals surface area (Å²) in [6, 6.07) is 0. The molecule has 0 aromatic heterocycles. The summed E-state index contributed by atoms with van der Waals surface area (Å²) in [7, 11) is 0. The average molecular weight is 448 g/mol. The van der Waals surface area contributed by atoms with Crippen molar-refractivity contribution in [2.75, 3.05) is 19.6 Å². The zero-order valence-corrected chi connectivity index (χ0v) is 21.0. The van der Waals surface area contributed by atoms with Crippen molar-refractivity contribution in [3.05, 3.63) is 60.1 Å². The quantitative estimate of drug-likeness (QED) is 0.422. The number of hydrogen-bond donors (Lipinski definition) is 1. The molecule has 0 aromatic rings. The second-order valence-electron chi connectivity index (χ2n) is 10.8. The number of hydrogen-bond acceptors (Lipinski definition) is 3. The Balaban J connectivity index is 1.33. The van der Waals surface area contributed by atoms with Crippen molar-refractivity contribution < 1.29 is 0 Å². The molecule has 1 N–H and O–H groups in total. The first kappa shape index (κ1) is 24.1. The van der Waals surface area contributed by atoms with Gasteiger partial charge in [-0.15, -0.1) is 0 Å². The van der Waals surface area contributed by atoms with Crippen LogP contribution >= 0.6 is 0 Å². The van der Waals surface area contributed by atoms with E-state index in [4.69, 9.17) is 4.99 Å². The van der Waals surface area contributed by atoms with Gasteiger partial charge in [0.1, 0.15) is 0 Å². The van der Waals surface area contributed by atoms with Gasteiger partial charge in [-0.1, -0.05) is 32.1 Å². The van der Waals surface area contributed by atoms with Gasteiger partial charge >= 0.3 is 0 Å². The molecule has 3 nitrogen and oxygen atoms in total. The largest absolute Gasteiger partial charge is 0.388 e. The van der Waals surface area contributed by atoms with Crippen LogP contribution in [0.15, 0.2) is 65.1 Å². The molecule has 2 saturated carbocycles. The van der Waals surface area contributed by atoms with Crippen molar-refractivity contribution in [3.8, 4) is 0 Å². The number of nitrogens with one attached hydrogen (secondary N) is 1. The van der Waals surface area contributed by atoms with Gasteiger partial charge in [-0.3, -0.25) is 4.99 Å². The van der Waals surface area contributed by atoms with Gasteiger partial charge in [-0.2, -0.15) is 0 Å². The third-order valence-corrected chi connectivity index (χ3v) is 8.27. The first-order chi connectivity index (χ1) is 16.1. The topological polar surface area (TPSA) is 27.6 Å². The molecule has 0 aromatic carbocycles. The molecule has 1 saturated heterocycles. The third-order valence-electron chi connectivity index (χ3n) is 8.27. The predicted molar refractivity (Wildman–Crippen MR) is 142 cm³/mol. The van der Waals surface area contributed by atoms with Gasteiger partial charge in [0.05, 0.1) is 5.71 Å². The lowest BCUT2D eigenvalue weighted by molar-refractivity contribution is 0.269. The molecule has 4 aliphatic rings. The molecule has 3 fully saturated rings. The fourth-order valence-corrected chi connectivity index (χ4v) is 6.19. The van der Waals surface area contributed by atoms with Crippen molar-refractivity contribution in [2.45, 2.75) is 84.0 Å². The van der Waals surface area contributed by atoms with Crippen LogP contribution in [-0.2, 0) is 0 Å². The van der Waals surface area contributed by atoms with Gasteiger partial charge < -0.3 is 10.2 Å². The minimum Gasteiger partial charge on any atom is -0.388 e. The molecule has 1 heterocycles. The number of rotatable bonds is 8. The van der Waals surface area contributed by atoms with Crippen LogP contribution in [0.5, 0.6) is 0 Å². The zero-order chi connectivity index (χ0) is 23.0. The van der Waals surface area contributed by atoms with Crippen LogP contribution in [0.1, 0.15) is 84.0 Å². The van der Waals surface area contributed by atoms with Gasteiger partial charge in [0.15, 0.2) is 0 Å². The van der Waals surface area contributed by atoms with E-state index in [0.29, 0.717) is 0 Å². The fraction of sp³-hybridized carbons (Fsp3) is 0.633. The van der Waals surface area contributed by atoms with E-state index >= 15 is 0 Å². The molecular weight excluding hydrogens is 402 g/mol. The molecule has 180 valence electrons. The lowest BCUT2D eigenvalue weighted by Gasteiger charge is -2.34. The van der Waals surface area contributed by atoms with E-state index in [9.17, 15) is 0 Å². The Morgan fingerprint density at radius 2 is 1.70 bits per heavy atom. The normalized spacial score (nSPS) is 28.3. The van der Waals surface area contributed by atoms with E-state index in [0.717, 1.165) is 42.0 Å². The van der Waals surface area contributed by atoms with Crippen molar-refractivity contribution in [1.29, 1.82) is 0 Å². The number of aliphatic imine (C=N–C) groups is 1. The summed E-state index contributed by atoms with van der Waals surface area (Å²) in [6.07, 6.45) is 24.5. The van der Waals surface area contributed by atoms with Crippen molar-refractivity contribution in [1.82, 2.24) is 10.2 Å². The zero-order valence-electron chi connectivity index (χ0n) is 21.0. The highest BCUT2D eigenvalue weighted by molar-refractivity contribution is 6.15. The Hall–Kier alpha value is -2.03. The van der Waals surface area contributed by atoms with Crippen LogP contribution in [0.3, 0.4) is 0 Å². The highest BCUT2D eigenvalue weighted by Gasteiger charge is 2.27. The van der Waals surface area contributed by atoms with E-state index in [2.05, 4.69) is 35.5 Å². The molecule has 0 unspecified atom stereocenters.